The fraction of sp³-hybridized carbons (Fsp3) is 0.158. The molecular formula is C19H18N6O5S. The first-order valence-electron chi connectivity index (χ1n) is 8.81. The Morgan fingerprint density at radius 2 is 1.81 bits per heavy atom. The summed E-state index contributed by atoms with van der Waals surface area (Å²) in [7, 11) is 4.59. The molecule has 3 aromatic rings. The molecule has 0 amide bonds. The normalized spacial score (nSPS) is 11.1. The van der Waals surface area contributed by atoms with E-state index in [-0.39, 0.29) is 10.7 Å². The molecule has 3 rings (SSSR count). The molecule has 0 aliphatic carbocycles. The van der Waals surface area contributed by atoms with Crippen LogP contribution in [0.4, 0.5) is 11.4 Å². The summed E-state index contributed by atoms with van der Waals surface area (Å²) in [6.07, 6.45) is 0. The van der Waals surface area contributed by atoms with Crippen LogP contribution in [0.15, 0.2) is 58.8 Å². The van der Waals surface area contributed by atoms with Crippen LogP contribution in [0.2, 0.25) is 0 Å². The van der Waals surface area contributed by atoms with Gasteiger partial charge in [-0.25, -0.2) is 4.79 Å². The molecule has 0 unspecified atom stereocenters. The molecule has 2 aromatic carbocycles. The first kappa shape index (κ1) is 21.8. The van der Waals surface area contributed by atoms with Crippen molar-refractivity contribution in [2.45, 2.75) is 5.16 Å². The van der Waals surface area contributed by atoms with Gasteiger partial charge in [-0.05, 0) is 48.2 Å². The molecule has 0 bridgehead atoms. The number of hydrazone groups is 1. The zero-order valence-corrected chi connectivity index (χ0v) is 17.6. The van der Waals surface area contributed by atoms with Crippen molar-refractivity contribution in [3.63, 3.8) is 0 Å². The van der Waals surface area contributed by atoms with Crippen LogP contribution in [0.1, 0.15) is 0 Å². The second-order valence-electron chi connectivity index (χ2n) is 6.02. The van der Waals surface area contributed by atoms with Crippen molar-refractivity contribution in [1.82, 2.24) is 14.8 Å². The standard InChI is InChI=1S/C19H18N6O5S/c1-24-16(12-4-10-15(29-2)11-5-12)21-23-19(24)31-17(18(26)30-3)22-20-13-6-8-14(9-7-13)25(27)28/h4-11,20H,1-3H3/b22-17+. The van der Waals surface area contributed by atoms with Gasteiger partial charge in [0.05, 0.1) is 24.8 Å². The van der Waals surface area contributed by atoms with Gasteiger partial charge in [-0.1, -0.05) is 0 Å². The maximum absolute atomic E-state index is 12.2. The smallest absolute Gasteiger partial charge is 0.365 e. The van der Waals surface area contributed by atoms with E-state index in [2.05, 4.69) is 20.7 Å². The number of methoxy groups -OCH3 is 2. The molecule has 0 atom stereocenters. The summed E-state index contributed by atoms with van der Waals surface area (Å²) in [5, 5.41) is 23.5. The predicted octanol–water partition coefficient (Wildman–Crippen LogP) is 3.09. The molecular weight excluding hydrogens is 424 g/mol. The second-order valence-corrected chi connectivity index (χ2v) is 6.98. The minimum Gasteiger partial charge on any atom is -0.497 e. The van der Waals surface area contributed by atoms with Crippen molar-refractivity contribution in [3.05, 3.63) is 58.6 Å². The first-order chi connectivity index (χ1) is 14.9. The number of ether oxygens (including phenoxy) is 2. The van der Waals surface area contributed by atoms with Crippen LogP contribution in [0.25, 0.3) is 11.4 Å². The Balaban J connectivity index is 1.80. The van der Waals surface area contributed by atoms with E-state index < -0.39 is 10.9 Å². The maximum Gasteiger partial charge on any atom is 0.365 e. The molecule has 1 N–H and O–H groups in total. The number of carbonyl (C=O) groups is 1. The highest BCUT2D eigenvalue weighted by Crippen LogP contribution is 2.25. The summed E-state index contributed by atoms with van der Waals surface area (Å²) >= 11 is 0.968. The topological polar surface area (TPSA) is 134 Å². The Bertz CT molecular complexity index is 1110. The second kappa shape index (κ2) is 9.71. The zero-order chi connectivity index (χ0) is 22.4. The molecule has 1 aromatic heterocycles. The average molecular weight is 442 g/mol. The molecule has 0 saturated heterocycles. The lowest BCUT2D eigenvalue weighted by atomic mass is 10.2. The number of hydrogen-bond acceptors (Lipinski definition) is 10. The lowest BCUT2D eigenvalue weighted by Gasteiger charge is -2.07. The fourth-order valence-electron chi connectivity index (χ4n) is 2.45. The fourth-order valence-corrected chi connectivity index (χ4v) is 3.19. The molecule has 0 saturated carbocycles. The van der Waals surface area contributed by atoms with E-state index in [0.717, 1.165) is 23.1 Å². The monoisotopic (exact) mass is 442 g/mol. The number of benzene rings is 2. The van der Waals surface area contributed by atoms with Crippen molar-refractivity contribution in [1.29, 1.82) is 0 Å². The minimum absolute atomic E-state index is 0.0161. The van der Waals surface area contributed by atoms with E-state index in [1.165, 1.54) is 31.4 Å². The Morgan fingerprint density at radius 1 is 1.13 bits per heavy atom. The lowest BCUT2D eigenvalue weighted by Crippen LogP contribution is -2.15. The van der Waals surface area contributed by atoms with Gasteiger partial charge in [0.1, 0.15) is 5.75 Å². The Kier molecular flexibility index (Phi) is 6.82. The van der Waals surface area contributed by atoms with Crippen LogP contribution in [0.3, 0.4) is 0 Å². The summed E-state index contributed by atoms with van der Waals surface area (Å²) < 4.78 is 11.7. The van der Waals surface area contributed by atoms with Crippen LogP contribution in [-0.2, 0) is 16.6 Å². The van der Waals surface area contributed by atoms with E-state index >= 15 is 0 Å². The highest BCUT2D eigenvalue weighted by Gasteiger charge is 2.20. The molecule has 0 aliphatic heterocycles. The quantitative estimate of drug-likeness (QED) is 0.153. The zero-order valence-electron chi connectivity index (χ0n) is 16.8. The third-order valence-corrected chi connectivity index (χ3v) is 5.09. The number of nitro benzene ring substituents is 1. The minimum atomic E-state index is -0.673. The number of esters is 1. The van der Waals surface area contributed by atoms with Gasteiger partial charge in [-0.3, -0.25) is 15.5 Å². The van der Waals surface area contributed by atoms with Gasteiger partial charge in [0.15, 0.2) is 11.0 Å². The van der Waals surface area contributed by atoms with Crippen LogP contribution in [0, 0.1) is 10.1 Å². The number of aromatic nitrogens is 3. The molecule has 1 heterocycles. The van der Waals surface area contributed by atoms with Crippen molar-refractivity contribution < 1.29 is 19.2 Å². The van der Waals surface area contributed by atoms with Crippen molar-refractivity contribution in [3.8, 4) is 17.1 Å². The van der Waals surface area contributed by atoms with Gasteiger partial charge in [-0.2, -0.15) is 5.10 Å². The third kappa shape index (κ3) is 5.17. The summed E-state index contributed by atoms with van der Waals surface area (Å²) in [5.74, 6) is 0.643. The predicted molar refractivity (Wildman–Crippen MR) is 115 cm³/mol. The van der Waals surface area contributed by atoms with Gasteiger partial charge in [0.25, 0.3) is 5.69 Å². The molecule has 0 radical (unpaired) electrons. The SMILES string of the molecule is COC(=O)/C(=N\Nc1ccc([N+](=O)[O-])cc1)Sc1nnc(-c2ccc(OC)cc2)n1C. The van der Waals surface area contributed by atoms with Crippen molar-refractivity contribution >= 4 is 34.1 Å². The molecule has 11 nitrogen and oxygen atoms in total. The Labute approximate surface area is 181 Å². The van der Waals surface area contributed by atoms with Crippen molar-refractivity contribution in [2.75, 3.05) is 19.6 Å². The number of carbonyl (C=O) groups excluding carboxylic acids is 1. The number of thioether (sulfide) groups is 1. The number of anilines is 1. The van der Waals surface area contributed by atoms with E-state index in [1.807, 2.05) is 24.3 Å². The third-order valence-electron chi connectivity index (χ3n) is 4.10. The Hall–Kier alpha value is -3.93. The van der Waals surface area contributed by atoms with E-state index in [0.29, 0.717) is 16.7 Å². The summed E-state index contributed by atoms with van der Waals surface area (Å²) in [4.78, 5) is 22.4. The van der Waals surface area contributed by atoms with Gasteiger partial charge in [0.2, 0.25) is 5.04 Å². The molecule has 0 spiro atoms. The number of nitrogens with zero attached hydrogens (tertiary/aromatic N) is 5. The van der Waals surface area contributed by atoms with E-state index in [4.69, 9.17) is 9.47 Å². The average Bonchev–Trinajstić information content (AvgIpc) is 3.16. The highest BCUT2D eigenvalue weighted by atomic mass is 32.2. The van der Waals surface area contributed by atoms with Gasteiger partial charge < -0.3 is 14.0 Å². The molecule has 31 heavy (non-hydrogen) atoms. The van der Waals surface area contributed by atoms with Gasteiger partial charge >= 0.3 is 5.97 Å². The molecule has 160 valence electrons. The first-order valence-corrected chi connectivity index (χ1v) is 9.62. The number of hydrogen-bond donors (Lipinski definition) is 1. The molecule has 0 aliphatic rings. The maximum atomic E-state index is 12.2. The van der Waals surface area contributed by atoms with Gasteiger partial charge in [-0.15, -0.1) is 10.2 Å². The van der Waals surface area contributed by atoms with E-state index in [1.54, 1.807) is 18.7 Å². The van der Waals surface area contributed by atoms with E-state index in [9.17, 15) is 14.9 Å². The number of nitrogens with one attached hydrogen (secondary N) is 1. The summed E-state index contributed by atoms with van der Waals surface area (Å²) in [6.45, 7) is 0. The van der Waals surface area contributed by atoms with Crippen LogP contribution in [-0.4, -0.2) is 44.9 Å². The Morgan fingerprint density at radius 3 is 2.39 bits per heavy atom. The number of nitro groups is 1. The van der Waals surface area contributed by atoms with Crippen molar-refractivity contribution in [2.24, 2.45) is 12.1 Å². The van der Waals surface area contributed by atoms with Crippen LogP contribution < -0.4 is 10.2 Å². The molecule has 0 fully saturated rings. The highest BCUT2D eigenvalue weighted by molar-refractivity contribution is 8.15. The largest absolute Gasteiger partial charge is 0.497 e. The molecule has 12 heteroatoms. The lowest BCUT2D eigenvalue weighted by molar-refractivity contribution is -0.384. The van der Waals surface area contributed by atoms with Gasteiger partial charge in [0, 0.05) is 24.7 Å². The van der Waals surface area contributed by atoms with Crippen LogP contribution >= 0.6 is 11.8 Å². The number of non-ortho nitro benzene ring substituents is 1. The summed E-state index contributed by atoms with van der Waals surface area (Å²) in [6, 6.07) is 12.9. The number of rotatable bonds is 6. The summed E-state index contributed by atoms with van der Waals surface area (Å²) in [5.41, 5.74) is 3.92. The van der Waals surface area contributed by atoms with Crippen LogP contribution in [0.5, 0.6) is 5.75 Å².